The van der Waals surface area contributed by atoms with Gasteiger partial charge in [-0.3, -0.25) is 0 Å². The van der Waals surface area contributed by atoms with Crippen molar-refractivity contribution in [2.24, 2.45) is 0 Å². The highest BCUT2D eigenvalue weighted by Crippen LogP contribution is 2.26. The molecule has 0 aliphatic heterocycles. The predicted molar refractivity (Wildman–Crippen MR) is 104 cm³/mol. The second-order valence-electron chi connectivity index (χ2n) is 5.97. The van der Waals surface area contributed by atoms with Gasteiger partial charge in [-0.05, 0) is 61.4 Å². The third-order valence-corrected chi connectivity index (χ3v) is 4.44. The molecule has 23 heavy (non-hydrogen) atoms. The number of rotatable bonds is 5. The number of hydrogen-bond acceptors (Lipinski definition) is 2. The van der Waals surface area contributed by atoms with E-state index in [1.807, 2.05) is 6.07 Å². The lowest BCUT2D eigenvalue weighted by atomic mass is 9.87. The zero-order valence-electron chi connectivity index (χ0n) is 13.3. The molecule has 0 amide bonds. The van der Waals surface area contributed by atoms with Crippen molar-refractivity contribution in [3.8, 4) is 0 Å². The van der Waals surface area contributed by atoms with Crippen LogP contribution < -0.4 is 11.1 Å². The molecule has 1 aliphatic carbocycles. The van der Waals surface area contributed by atoms with Crippen molar-refractivity contribution in [2.75, 3.05) is 12.3 Å². The number of benzene rings is 2. The van der Waals surface area contributed by atoms with Crippen LogP contribution in [0.2, 0.25) is 0 Å². The van der Waals surface area contributed by atoms with Crippen LogP contribution in [0.5, 0.6) is 0 Å². The number of halogens is 2. The van der Waals surface area contributed by atoms with Crippen LogP contribution >= 0.6 is 24.8 Å². The zero-order chi connectivity index (χ0) is 14.5. The lowest BCUT2D eigenvalue weighted by Gasteiger charge is -2.26. The van der Waals surface area contributed by atoms with E-state index in [2.05, 4.69) is 47.8 Å². The Morgan fingerprint density at radius 1 is 1.00 bits per heavy atom. The van der Waals surface area contributed by atoms with Gasteiger partial charge >= 0.3 is 0 Å². The molecule has 3 N–H and O–H groups in total. The van der Waals surface area contributed by atoms with Crippen LogP contribution in [-0.4, -0.2) is 12.6 Å². The van der Waals surface area contributed by atoms with E-state index in [9.17, 15) is 0 Å². The van der Waals surface area contributed by atoms with Gasteiger partial charge in [0.05, 0.1) is 0 Å². The fourth-order valence-corrected chi connectivity index (χ4v) is 3.25. The summed E-state index contributed by atoms with van der Waals surface area (Å²) in [5.74, 6) is 0. The molecule has 2 aromatic carbocycles. The summed E-state index contributed by atoms with van der Waals surface area (Å²) < 4.78 is 0. The third-order valence-electron chi connectivity index (χ3n) is 4.44. The van der Waals surface area contributed by atoms with Crippen LogP contribution in [0.25, 0.3) is 0 Å². The Kier molecular flexibility index (Phi) is 8.46. The first-order chi connectivity index (χ1) is 10.3. The lowest BCUT2D eigenvalue weighted by molar-refractivity contribution is 0.455. The first-order valence-electron chi connectivity index (χ1n) is 7.96. The van der Waals surface area contributed by atoms with E-state index in [4.69, 9.17) is 5.73 Å². The van der Waals surface area contributed by atoms with Gasteiger partial charge in [-0.25, -0.2) is 0 Å². The lowest BCUT2D eigenvalue weighted by Crippen LogP contribution is -2.35. The van der Waals surface area contributed by atoms with Crippen molar-refractivity contribution in [3.63, 3.8) is 0 Å². The van der Waals surface area contributed by atoms with Crippen molar-refractivity contribution in [1.29, 1.82) is 0 Å². The van der Waals surface area contributed by atoms with Gasteiger partial charge in [-0.2, -0.15) is 0 Å². The van der Waals surface area contributed by atoms with Crippen LogP contribution in [-0.2, 0) is 19.3 Å². The van der Waals surface area contributed by atoms with Crippen molar-refractivity contribution in [2.45, 2.75) is 38.1 Å². The van der Waals surface area contributed by atoms with E-state index >= 15 is 0 Å². The van der Waals surface area contributed by atoms with Gasteiger partial charge in [-0.1, -0.05) is 42.5 Å². The summed E-state index contributed by atoms with van der Waals surface area (Å²) in [7, 11) is 0. The fourth-order valence-electron chi connectivity index (χ4n) is 3.25. The van der Waals surface area contributed by atoms with Gasteiger partial charge in [0.15, 0.2) is 0 Å². The summed E-state index contributed by atoms with van der Waals surface area (Å²) in [6.45, 7) is 1.09. The molecule has 0 spiro atoms. The highest BCUT2D eigenvalue weighted by molar-refractivity contribution is 5.85. The molecule has 1 unspecified atom stereocenters. The van der Waals surface area contributed by atoms with Crippen molar-refractivity contribution >= 4 is 30.5 Å². The van der Waals surface area contributed by atoms with Crippen molar-refractivity contribution in [1.82, 2.24) is 5.32 Å². The Labute approximate surface area is 151 Å². The van der Waals surface area contributed by atoms with Gasteiger partial charge in [0.1, 0.15) is 0 Å². The normalized spacial score (nSPS) is 15.9. The van der Waals surface area contributed by atoms with E-state index in [0.29, 0.717) is 6.04 Å². The summed E-state index contributed by atoms with van der Waals surface area (Å²) in [4.78, 5) is 0. The topological polar surface area (TPSA) is 38.0 Å². The number of anilines is 1. The summed E-state index contributed by atoms with van der Waals surface area (Å²) in [5, 5.41) is 3.71. The Morgan fingerprint density at radius 3 is 2.57 bits per heavy atom. The van der Waals surface area contributed by atoms with Gasteiger partial charge < -0.3 is 11.1 Å². The Hall–Kier alpha value is -1.22. The number of nitrogens with one attached hydrogen (secondary N) is 1. The number of nitrogen functional groups attached to an aromatic ring is 1. The van der Waals surface area contributed by atoms with Gasteiger partial charge in [0.2, 0.25) is 0 Å². The molecular formula is C19H26Cl2N2. The Morgan fingerprint density at radius 2 is 1.78 bits per heavy atom. The summed E-state index contributed by atoms with van der Waals surface area (Å²) >= 11 is 0. The smallest absolute Gasteiger partial charge is 0.0349 e. The Bertz CT molecular complexity index is 587. The van der Waals surface area contributed by atoms with Crippen LogP contribution in [0.4, 0.5) is 5.69 Å². The third kappa shape index (κ3) is 5.42. The zero-order valence-corrected chi connectivity index (χ0v) is 15.0. The second kappa shape index (κ2) is 9.82. The van der Waals surface area contributed by atoms with Crippen LogP contribution in [0.1, 0.15) is 29.5 Å². The molecule has 4 heteroatoms. The average molecular weight is 353 g/mol. The molecular weight excluding hydrogens is 327 g/mol. The molecule has 126 valence electrons. The molecule has 2 nitrogen and oxygen atoms in total. The maximum Gasteiger partial charge on any atom is 0.0349 e. The largest absolute Gasteiger partial charge is 0.398 e. The molecule has 0 radical (unpaired) electrons. The van der Waals surface area contributed by atoms with E-state index in [0.717, 1.165) is 31.5 Å². The van der Waals surface area contributed by atoms with E-state index in [1.54, 1.807) is 0 Å². The monoisotopic (exact) mass is 352 g/mol. The van der Waals surface area contributed by atoms with E-state index in [-0.39, 0.29) is 24.8 Å². The summed E-state index contributed by atoms with van der Waals surface area (Å²) in [6, 6.07) is 17.7. The second-order valence-corrected chi connectivity index (χ2v) is 5.97. The minimum absolute atomic E-state index is 0. The van der Waals surface area contributed by atoms with Crippen molar-refractivity contribution in [3.05, 3.63) is 65.2 Å². The van der Waals surface area contributed by atoms with E-state index in [1.165, 1.54) is 29.5 Å². The molecule has 0 saturated heterocycles. The molecule has 1 atom stereocenters. The molecule has 3 rings (SSSR count). The maximum atomic E-state index is 6.05. The highest BCUT2D eigenvalue weighted by Gasteiger charge is 2.19. The molecule has 2 aromatic rings. The molecule has 0 saturated carbocycles. The average Bonchev–Trinajstić information content (AvgIpc) is 2.53. The molecule has 0 fully saturated rings. The van der Waals surface area contributed by atoms with E-state index < -0.39 is 0 Å². The van der Waals surface area contributed by atoms with Gasteiger partial charge in [0, 0.05) is 11.7 Å². The molecule has 1 aliphatic rings. The van der Waals surface area contributed by atoms with Crippen LogP contribution in [0.3, 0.4) is 0 Å². The summed E-state index contributed by atoms with van der Waals surface area (Å²) in [5.41, 5.74) is 11.3. The minimum Gasteiger partial charge on any atom is -0.398 e. The number of aryl methyl sites for hydroxylation is 1. The molecule has 0 bridgehead atoms. The first kappa shape index (κ1) is 19.8. The Balaban J connectivity index is 0.00000132. The van der Waals surface area contributed by atoms with Crippen molar-refractivity contribution < 1.29 is 0 Å². The van der Waals surface area contributed by atoms with Crippen LogP contribution in [0, 0.1) is 0 Å². The SMILES string of the molecule is Cl.Cl.Nc1cccc2c1CCC(NCCCc1ccccc1)C2. The quantitative estimate of drug-likeness (QED) is 0.625. The number of nitrogens with two attached hydrogens (primary N) is 1. The predicted octanol–water partition coefficient (Wildman–Crippen LogP) is 4.19. The van der Waals surface area contributed by atoms with Gasteiger partial charge in [0.25, 0.3) is 0 Å². The number of hydrogen-bond donors (Lipinski definition) is 2. The molecule has 0 aromatic heterocycles. The first-order valence-corrected chi connectivity index (χ1v) is 7.96. The standard InChI is InChI=1S/C19H24N2.2ClH/c20-19-10-4-9-16-14-17(11-12-18(16)19)21-13-5-8-15-6-2-1-3-7-15;;/h1-4,6-7,9-10,17,21H,5,8,11-14,20H2;2*1H. The highest BCUT2D eigenvalue weighted by atomic mass is 35.5. The summed E-state index contributed by atoms with van der Waals surface area (Å²) in [6.07, 6.45) is 5.78. The molecule has 0 heterocycles. The maximum absolute atomic E-state index is 6.05. The minimum atomic E-state index is 0. The number of fused-ring (bicyclic) bond motifs is 1. The van der Waals surface area contributed by atoms with Crippen LogP contribution in [0.15, 0.2) is 48.5 Å². The fraction of sp³-hybridized carbons (Fsp3) is 0.368. The van der Waals surface area contributed by atoms with Gasteiger partial charge in [-0.15, -0.1) is 24.8 Å².